The average molecular weight is 257 g/mol. The van der Waals surface area contributed by atoms with Gasteiger partial charge in [0.25, 0.3) is 0 Å². The van der Waals surface area contributed by atoms with Crippen molar-refractivity contribution in [2.75, 3.05) is 0 Å². The van der Waals surface area contributed by atoms with Crippen LogP contribution in [-0.2, 0) is 7.05 Å². The van der Waals surface area contributed by atoms with Crippen molar-refractivity contribution in [1.82, 2.24) is 9.55 Å². The van der Waals surface area contributed by atoms with Crippen LogP contribution in [0.2, 0.25) is 0 Å². The topological polar surface area (TPSA) is 51.2 Å². The van der Waals surface area contributed by atoms with Gasteiger partial charge in [-0.3, -0.25) is 0 Å². The lowest BCUT2D eigenvalue weighted by Gasteiger charge is -2.04. The van der Waals surface area contributed by atoms with Gasteiger partial charge < -0.3 is 14.1 Å². The van der Waals surface area contributed by atoms with Crippen LogP contribution in [0.1, 0.15) is 17.6 Å². The number of aryl methyl sites for hydroxylation is 1. The molecule has 0 aliphatic rings. The van der Waals surface area contributed by atoms with Crippen molar-refractivity contribution < 1.29 is 9.52 Å². The number of aliphatic hydroxyl groups is 1. The number of nitrogens with zero attached hydrogens (tertiary/aromatic N) is 2. The van der Waals surface area contributed by atoms with Crippen LogP contribution in [0.3, 0.4) is 0 Å². The van der Waals surface area contributed by atoms with Crippen LogP contribution in [0.5, 0.6) is 0 Å². The highest BCUT2D eigenvalue weighted by atomic mass is 79.9. The molecule has 1 atom stereocenters. The van der Waals surface area contributed by atoms with Crippen LogP contribution >= 0.6 is 15.9 Å². The molecule has 0 radical (unpaired) electrons. The molecule has 1 N–H and O–H groups in total. The van der Waals surface area contributed by atoms with Crippen molar-refractivity contribution in [3.05, 3.63) is 40.8 Å². The van der Waals surface area contributed by atoms with E-state index in [1.165, 1.54) is 6.26 Å². The fourth-order valence-electron chi connectivity index (χ4n) is 1.21. The summed E-state index contributed by atoms with van der Waals surface area (Å²) in [4.78, 5) is 4.04. The number of rotatable bonds is 2. The second kappa shape index (κ2) is 3.59. The third-order valence-corrected chi connectivity index (χ3v) is 2.55. The SMILES string of the molecule is Cn1cnc(C(O)c2occc2Br)c1. The number of furan rings is 1. The Morgan fingerprint density at radius 1 is 1.64 bits per heavy atom. The molecule has 4 nitrogen and oxygen atoms in total. The first-order chi connectivity index (χ1) is 6.68. The van der Waals surface area contributed by atoms with E-state index in [2.05, 4.69) is 20.9 Å². The number of halogens is 1. The smallest absolute Gasteiger partial charge is 0.156 e. The largest absolute Gasteiger partial charge is 0.465 e. The average Bonchev–Trinajstić information content (AvgIpc) is 2.73. The van der Waals surface area contributed by atoms with Crippen LogP contribution < -0.4 is 0 Å². The molecule has 2 aromatic heterocycles. The van der Waals surface area contributed by atoms with Gasteiger partial charge in [-0.25, -0.2) is 4.98 Å². The van der Waals surface area contributed by atoms with E-state index in [1.54, 1.807) is 23.2 Å². The number of imidazole rings is 1. The van der Waals surface area contributed by atoms with E-state index in [-0.39, 0.29) is 0 Å². The maximum absolute atomic E-state index is 9.88. The van der Waals surface area contributed by atoms with Gasteiger partial charge in [0.15, 0.2) is 11.9 Å². The second-order valence-corrected chi connectivity index (χ2v) is 3.85. The first-order valence-electron chi connectivity index (χ1n) is 4.07. The molecular weight excluding hydrogens is 248 g/mol. The summed E-state index contributed by atoms with van der Waals surface area (Å²) in [5.41, 5.74) is 0.572. The minimum atomic E-state index is -0.819. The summed E-state index contributed by atoms with van der Waals surface area (Å²) in [7, 11) is 1.85. The standard InChI is InChI=1S/C9H9BrN2O2/c1-12-4-7(11-5-12)8(13)9-6(10)2-3-14-9/h2-5,8,13H,1H3. The summed E-state index contributed by atoms with van der Waals surface area (Å²) in [6.45, 7) is 0. The highest BCUT2D eigenvalue weighted by Crippen LogP contribution is 2.28. The third-order valence-electron chi connectivity index (χ3n) is 1.90. The summed E-state index contributed by atoms with van der Waals surface area (Å²) >= 11 is 3.28. The summed E-state index contributed by atoms with van der Waals surface area (Å²) in [6.07, 6.45) is 4.08. The summed E-state index contributed by atoms with van der Waals surface area (Å²) in [5, 5.41) is 9.88. The molecule has 0 aliphatic heterocycles. The predicted molar refractivity (Wildman–Crippen MR) is 53.7 cm³/mol. The Morgan fingerprint density at radius 2 is 2.43 bits per heavy atom. The lowest BCUT2D eigenvalue weighted by Crippen LogP contribution is -1.98. The molecule has 0 amide bonds. The van der Waals surface area contributed by atoms with Crippen molar-refractivity contribution >= 4 is 15.9 Å². The van der Waals surface area contributed by atoms with E-state index in [0.29, 0.717) is 11.5 Å². The molecule has 0 saturated heterocycles. The fraction of sp³-hybridized carbons (Fsp3) is 0.222. The van der Waals surface area contributed by atoms with Crippen LogP contribution in [0.4, 0.5) is 0 Å². The van der Waals surface area contributed by atoms with E-state index in [4.69, 9.17) is 4.42 Å². The van der Waals surface area contributed by atoms with Gasteiger partial charge in [-0.1, -0.05) is 0 Å². The van der Waals surface area contributed by atoms with Gasteiger partial charge in [-0.15, -0.1) is 0 Å². The maximum atomic E-state index is 9.88. The van der Waals surface area contributed by atoms with E-state index < -0.39 is 6.10 Å². The van der Waals surface area contributed by atoms with Crippen molar-refractivity contribution in [2.24, 2.45) is 7.05 Å². The van der Waals surface area contributed by atoms with Gasteiger partial charge in [0.05, 0.1) is 22.8 Å². The monoisotopic (exact) mass is 256 g/mol. The molecule has 0 saturated carbocycles. The van der Waals surface area contributed by atoms with Gasteiger partial charge >= 0.3 is 0 Å². The molecule has 2 heterocycles. The molecule has 0 aromatic carbocycles. The minimum absolute atomic E-state index is 0.476. The van der Waals surface area contributed by atoms with E-state index >= 15 is 0 Å². The minimum Gasteiger partial charge on any atom is -0.465 e. The van der Waals surface area contributed by atoms with Crippen LogP contribution in [-0.4, -0.2) is 14.7 Å². The van der Waals surface area contributed by atoms with Crippen LogP contribution in [0.15, 0.2) is 33.7 Å². The number of aromatic nitrogens is 2. The number of aliphatic hydroxyl groups excluding tert-OH is 1. The van der Waals surface area contributed by atoms with E-state index in [0.717, 1.165) is 4.47 Å². The Labute approximate surface area is 89.3 Å². The fourth-order valence-corrected chi connectivity index (χ4v) is 1.63. The lowest BCUT2D eigenvalue weighted by atomic mass is 10.2. The zero-order valence-corrected chi connectivity index (χ0v) is 9.10. The Morgan fingerprint density at radius 3 is 2.93 bits per heavy atom. The van der Waals surface area contributed by atoms with Crippen molar-refractivity contribution in [3.63, 3.8) is 0 Å². The molecule has 0 fully saturated rings. The van der Waals surface area contributed by atoms with Crippen molar-refractivity contribution in [2.45, 2.75) is 6.10 Å². The van der Waals surface area contributed by atoms with Gasteiger partial charge in [0.2, 0.25) is 0 Å². The summed E-state index contributed by atoms with van der Waals surface area (Å²) in [5.74, 6) is 0.476. The Kier molecular flexibility index (Phi) is 2.43. The third kappa shape index (κ3) is 1.60. The highest BCUT2D eigenvalue weighted by Gasteiger charge is 2.18. The molecule has 14 heavy (non-hydrogen) atoms. The normalized spacial score (nSPS) is 13.1. The van der Waals surface area contributed by atoms with Gasteiger partial charge in [0.1, 0.15) is 0 Å². The molecule has 2 aromatic rings. The quantitative estimate of drug-likeness (QED) is 0.893. The highest BCUT2D eigenvalue weighted by molar-refractivity contribution is 9.10. The van der Waals surface area contributed by atoms with E-state index in [1.807, 2.05) is 7.05 Å². The maximum Gasteiger partial charge on any atom is 0.156 e. The predicted octanol–water partition coefficient (Wildman–Crippen LogP) is 1.86. The Balaban J connectivity index is 2.33. The van der Waals surface area contributed by atoms with Crippen molar-refractivity contribution in [1.29, 1.82) is 0 Å². The van der Waals surface area contributed by atoms with Crippen molar-refractivity contribution in [3.8, 4) is 0 Å². The lowest BCUT2D eigenvalue weighted by molar-refractivity contribution is 0.184. The summed E-state index contributed by atoms with van der Waals surface area (Å²) < 4.78 is 7.66. The molecule has 2 rings (SSSR count). The molecule has 0 bridgehead atoms. The summed E-state index contributed by atoms with van der Waals surface area (Å²) in [6, 6.07) is 1.74. The molecular formula is C9H9BrN2O2. The number of hydrogen-bond acceptors (Lipinski definition) is 3. The molecule has 5 heteroatoms. The Hall–Kier alpha value is -1.07. The molecule has 74 valence electrons. The van der Waals surface area contributed by atoms with Gasteiger partial charge in [-0.2, -0.15) is 0 Å². The first kappa shape index (κ1) is 9.48. The van der Waals surface area contributed by atoms with E-state index in [9.17, 15) is 5.11 Å². The molecule has 1 unspecified atom stereocenters. The zero-order valence-electron chi connectivity index (χ0n) is 7.51. The number of hydrogen-bond donors (Lipinski definition) is 1. The second-order valence-electron chi connectivity index (χ2n) is 3.00. The Bertz CT molecular complexity index is 435. The van der Waals surface area contributed by atoms with Gasteiger partial charge in [0, 0.05) is 13.2 Å². The van der Waals surface area contributed by atoms with Gasteiger partial charge in [-0.05, 0) is 22.0 Å². The zero-order chi connectivity index (χ0) is 10.1. The molecule has 0 spiro atoms. The van der Waals surface area contributed by atoms with Crippen LogP contribution in [0, 0.1) is 0 Å². The van der Waals surface area contributed by atoms with Crippen LogP contribution in [0.25, 0.3) is 0 Å². The first-order valence-corrected chi connectivity index (χ1v) is 4.86. The molecule has 0 aliphatic carbocycles.